The maximum absolute atomic E-state index is 14.2. The zero-order valence-corrected chi connectivity index (χ0v) is 60.0. The Kier molecular flexibility index (Phi) is 27.2. The molecule has 19 heteroatoms. The van der Waals surface area contributed by atoms with E-state index in [2.05, 4.69) is 84.2 Å². The molecule has 0 spiro atoms. The lowest BCUT2D eigenvalue weighted by molar-refractivity contribution is -0.171. The molecule has 2 aromatic carbocycles. The van der Waals surface area contributed by atoms with Crippen LogP contribution < -0.4 is 9.80 Å². The first kappa shape index (κ1) is 75.1. The van der Waals surface area contributed by atoms with E-state index in [0.29, 0.717) is 18.4 Å². The van der Waals surface area contributed by atoms with Gasteiger partial charge in [-0.15, -0.1) is 0 Å². The van der Waals surface area contributed by atoms with Crippen molar-refractivity contribution in [2.24, 2.45) is 10.8 Å². The summed E-state index contributed by atoms with van der Waals surface area (Å²) in [5.41, 5.74) is 9.07. The Morgan fingerprint density at radius 3 is 1.08 bits per heavy atom. The quantitative estimate of drug-likeness (QED) is 0.0458. The van der Waals surface area contributed by atoms with E-state index in [-0.39, 0.29) is 34.5 Å². The number of rotatable bonds is 26. The second-order valence-electron chi connectivity index (χ2n) is 25.7. The predicted molar refractivity (Wildman–Crippen MR) is 373 cm³/mol. The van der Waals surface area contributed by atoms with Crippen LogP contribution in [0.4, 0.5) is 10.3 Å². The fourth-order valence-electron chi connectivity index (χ4n) is 11.3. The van der Waals surface area contributed by atoms with Crippen molar-refractivity contribution >= 4 is 80.5 Å². The highest BCUT2D eigenvalue weighted by Crippen LogP contribution is 2.44. The number of hydrazine groups is 2. The lowest BCUT2D eigenvalue weighted by atomic mass is 9.90. The largest absolute Gasteiger partial charge is 0.392 e. The number of nitrogens with zero attached hydrogens (tertiary/aromatic N) is 10. The third kappa shape index (κ3) is 16.8. The number of aliphatic hydroxyl groups is 1. The van der Waals surface area contributed by atoms with E-state index < -0.39 is 46.3 Å². The fourth-order valence-corrected chi connectivity index (χ4v) is 13.4. The van der Waals surface area contributed by atoms with E-state index in [0.717, 1.165) is 176 Å². The van der Waals surface area contributed by atoms with Crippen LogP contribution in [0.25, 0.3) is 34.7 Å². The van der Waals surface area contributed by atoms with Gasteiger partial charge in [-0.25, -0.2) is 20.0 Å². The van der Waals surface area contributed by atoms with Gasteiger partial charge >= 0.3 is 0 Å². The maximum atomic E-state index is 14.2. The number of benzene rings is 2. The van der Waals surface area contributed by atoms with Crippen molar-refractivity contribution in [3.8, 4) is 34.7 Å². The van der Waals surface area contributed by atoms with E-state index in [9.17, 15) is 44.4 Å². The number of hydrogen-bond donors (Lipinski definition) is 1. The normalized spacial score (nSPS) is 14.7. The van der Waals surface area contributed by atoms with Crippen LogP contribution >= 0.6 is 22.7 Å². The van der Waals surface area contributed by atoms with E-state index in [1.165, 1.54) is 53.5 Å². The number of anilines is 2. The number of imide groups is 2. The summed E-state index contributed by atoms with van der Waals surface area (Å²) in [5.74, 6) is -3.77. The number of carbonyl (C=O) groups excluding carboxylic acids is 6. The van der Waals surface area contributed by atoms with Crippen LogP contribution in [0.3, 0.4) is 0 Å². The van der Waals surface area contributed by atoms with E-state index in [1.807, 2.05) is 24.3 Å². The molecule has 1 N–H and O–H groups in total. The molecule has 2 aliphatic heterocycles. The molecule has 4 heterocycles. The molecular weight excluding hydrogens is 1190 g/mol. The van der Waals surface area contributed by atoms with Gasteiger partial charge in [0.05, 0.1) is 27.7 Å². The third-order valence-corrected chi connectivity index (χ3v) is 18.9. The highest BCUT2D eigenvalue weighted by atomic mass is 32.1. The minimum absolute atomic E-state index is 0.0680. The Morgan fingerprint density at radius 1 is 0.522 bits per heavy atom. The first-order valence-electron chi connectivity index (χ1n) is 33.0. The zero-order valence-electron chi connectivity index (χ0n) is 58.4. The van der Waals surface area contributed by atoms with Crippen molar-refractivity contribution in [3.05, 3.63) is 101 Å². The number of unbranched alkanes of at least 4 members (excludes halogenated alkanes) is 4. The number of hydrogen-bond acceptors (Lipinski definition) is 15. The molecule has 2 aliphatic rings. The fraction of sp³-hybridized carbons (Fsp3) is 0.534. The minimum atomic E-state index is -0.865. The zero-order chi connectivity index (χ0) is 68.7. The molecule has 0 atom stereocenters. The molecule has 6 amide bonds. The van der Waals surface area contributed by atoms with Crippen molar-refractivity contribution in [1.82, 2.24) is 30.0 Å². The van der Waals surface area contributed by atoms with Crippen LogP contribution in [0.1, 0.15) is 212 Å². The van der Waals surface area contributed by atoms with E-state index >= 15 is 0 Å². The van der Waals surface area contributed by atoms with E-state index in [4.69, 9.17) is 9.97 Å². The van der Waals surface area contributed by atoms with Crippen molar-refractivity contribution in [2.75, 3.05) is 50.1 Å². The highest BCUT2D eigenvalue weighted by molar-refractivity contribution is 7.17. The molecule has 17 nitrogen and oxygen atoms in total. The van der Waals surface area contributed by atoms with Gasteiger partial charge in [0, 0.05) is 73.4 Å². The van der Waals surface area contributed by atoms with Gasteiger partial charge in [0.1, 0.15) is 23.3 Å². The van der Waals surface area contributed by atoms with Gasteiger partial charge in [0.2, 0.25) is 11.8 Å². The molecule has 92 heavy (non-hydrogen) atoms. The average molecular weight is 1290 g/mol. The minimum Gasteiger partial charge on any atom is -0.392 e. The Labute approximate surface area is 556 Å². The Bertz CT molecular complexity index is 3310. The number of amides is 6. The molecule has 0 unspecified atom stereocenters. The summed E-state index contributed by atoms with van der Waals surface area (Å²) in [6.07, 6.45) is 15.8. The van der Waals surface area contributed by atoms with Gasteiger partial charge in [-0.05, 0) is 128 Å². The molecule has 2 aromatic heterocycles. The summed E-state index contributed by atoms with van der Waals surface area (Å²) in [5, 5.41) is 35.5. The number of aliphatic hydroxyl groups excluding tert-OH is 1. The summed E-state index contributed by atoms with van der Waals surface area (Å²) in [4.78, 5) is 98.3. The van der Waals surface area contributed by atoms with Gasteiger partial charge in [-0.1, -0.05) is 176 Å². The molecule has 0 bridgehead atoms. The van der Waals surface area contributed by atoms with Crippen LogP contribution in [0.2, 0.25) is 0 Å². The van der Waals surface area contributed by atoms with Crippen LogP contribution in [-0.4, -0.2) is 111 Å². The Hall–Kier alpha value is -7.58. The second-order valence-corrected chi connectivity index (χ2v) is 27.7. The highest BCUT2D eigenvalue weighted by Gasteiger charge is 2.44. The summed E-state index contributed by atoms with van der Waals surface area (Å²) in [6, 6.07) is 12.5. The summed E-state index contributed by atoms with van der Waals surface area (Å²) < 4.78 is 0. The number of thiazole rings is 2. The molecule has 4 aromatic rings. The lowest BCUT2D eigenvalue weighted by Gasteiger charge is -2.36. The molecular formula is C73H100N10O7S2. The number of aromatic nitrogens is 2. The smallest absolute Gasteiger partial charge is 0.290 e. The van der Waals surface area contributed by atoms with Gasteiger partial charge in [0.15, 0.2) is 10.3 Å². The summed E-state index contributed by atoms with van der Waals surface area (Å²) in [6.45, 7) is 36.2. The van der Waals surface area contributed by atoms with Crippen molar-refractivity contribution in [2.45, 2.75) is 208 Å². The molecule has 0 fully saturated rings. The van der Waals surface area contributed by atoms with Crippen LogP contribution in [0.15, 0.2) is 57.7 Å². The number of carbonyl (C=O) groups is 6. The van der Waals surface area contributed by atoms with Gasteiger partial charge in [0.25, 0.3) is 23.6 Å². The Balaban J connectivity index is 0.000000334. The second kappa shape index (κ2) is 33.3. The van der Waals surface area contributed by atoms with Crippen LogP contribution in [0.5, 0.6) is 0 Å². The van der Waals surface area contributed by atoms with E-state index in [1.54, 1.807) is 67.5 Å². The Morgan fingerprint density at radius 2 is 0.826 bits per heavy atom. The molecule has 0 saturated heterocycles. The standard InChI is InChI=1S/C37H51N5O3S.C36H49N5O4S/c1-11-16-18-41(19-17-12-2)36-39-32(31-26(14-4)20-25(13-3)21-27(31)15-5)30(46-36)22-28-24(6)29(23-38)34(44)42(33(28)43)40(10)35(45)37(7,8)9;1-10-14-16-40(17-15-11-2)35-38-31(30-25(12-3)18-24(22-42)19-26(30)13-4)29(46-35)20-27-23(5)28(21-37)33(44)41(32(27)43)39(9)34(45)36(6,7)8/h20-22H,11-19H2,1-10H3;18-20,42H,10-17,22H2,1-9H3/b28-22-;27-20-. The summed E-state index contributed by atoms with van der Waals surface area (Å²) >= 11 is 3.02. The first-order valence-corrected chi connectivity index (χ1v) is 34.6. The molecule has 6 rings (SSSR count). The van der Waals surface area contributed by atoms with Crippen molar-refractivity contribution < 1.29 is 33.9 Å². The SMILES string of the molecule is CCCCN(CCCC)c1nc(-c2c(CC)cc(CC)cc2CC)c(/C=C2\C(=O)N(N(C)C(=O)C(C)(C)C)C(=O)C(C#N)=C2C)s1.CCCCN(CCCC)c1nc(-c2c(CC)cc(CO)cc2CC)c(/C=C2\C(=O)N(N(C)C(=O)C(C)(C)C)C(=O)C(C#N)=C2C)s1. The molecule has 0 saturated carbocycles. The predicted octanol–water partition coefficient (Wildman–Crippen LogP) is 14.8. The van der Waals surface area contributed by atoms with Crippen molar-refractivity contribution in [3.63, 3.8) is 0 Å². The summed E-state index contributed by atoms with van der Waals surface area (Å²) in [7, 11) is 2.79. The average Bonchev–Trinajstić information content (AvgIpc) is 1.22. The van der Waals surface area contributed by atoms with Crippen molar-refractivity contribution in [1.29, 1.82) is 10.5 Å². The topological polar surface area (TPSA) is 215 Å². The molecule has 0 radical (unpaired) electrons. The first-order chi connectivity index (χ1) is 43.6. The third-order valence-electron chi connectivity index (χ3n) is 16.7. The maximum Gasteiger partial charge on any atom is 0.290 e. The van der Waals surface area contributed by atoms with Crippen LogP contribution in [0, 0.1) is 33.5 Å². The molecule has 496 valence electrons. The molecule has 0 aliphatic carbocycles. The van der Waals surface area contributed by atoms with Gasteiger partial charge < -0.3 is 14.9 Å². The monoisotopic (exact) mass is 1290 g/mol. The number of aryl methyl sites for hydroxylation is 5. The van der Waals surface area contributed by atoms with Crippen LogP contribution in [-0.2, 0) is 67.5 Å². The number of nitriles is 2. The lowest BCUT2D eigenvalue weighted by Crippen LogP contribution is -2.56. The van der Waals surface area contributed by atoms with Gasteiger partial charge in [-0.2, -0.15) is 20.5 Å². The van der Waals surface area contributed by atoms with Gasteiger partial charge in [-0.3, -0.25) is 28.8 Å².